The summed E-state index contributed by atoms with van der Waals surface area (Å²) in [6, 6.07) is 16.5. The van der Waals surface area contributed by atoms with Crippen LogP contribution in [0.1, 0.15) is 21.5 Å². The number of para-hydroxylation sites is 1. The third kappa shape index (κ3) is 3.86. The molecule has 0 atom stereocenters. The topological polar surface area (TPSA) is 53.3 Å². The maximum absolute atomic E-state index is 12.3. The Bertz CT molecular complexity index is 704. The van der Waals surface area contributed by atoms with Crippen molar-refractivity contribution in [2.45, 2.75) is 6.92 Å². The Morgan fingerprint density at radius 3 is 2.73 bits per heavy atom. The van der Waals surface area contributed by atoms with Crippen molar-refractivity contribution in [2.75, 3.05) is 20.2 Å². The molecule has 0 saturated heterocycles. The Hall–Kier alpha value is -2.80. The monoisotopic (exact) mass is 294 g/mol. The van der Waals surface area contributed by atoms with Gasteiger partial charge in [0.2, 0.25) is 0 Å². The molecule has 2 aromatic rings. The van der Waals surface area contributed by atoms with E-state index >= 15 is 0 Å². The maximum atomic E-state index is 12.3. The first kappa shape index (κ1) is 15.6. The van der Waals surface area contributed by atoms with Crippen molar-refractivity contribution in [1.82, 2.24) is 4.90 Å². The van der Waals surface area contributed by atoms with E-state index in [1.165, 1.54) is 0 Å². The minimum Gasteiger partial charge on any atom is -0.491 e. The molecule has 0 aliphatic heterocycles. The average molecular weight is 294 g/mol. The second kappa shape index (κ2) is 7.28. The second-order valence-corrected chi connectivity index (χ2v) is 5.03. The van der Waals surface area contributed by atoms with Crippen molar-refractivity contribution in [2.24, 2.45) is 0 Å². The minimum atomic E-state index is -0.120. The van der Waals surface area contributed by atoms with E-state index < -0.39 is 0 Å². The summed E-state index contributed by atoms with van der Waals surface area (Å²) >= 11 is 0. The van der Waals surface area contributed by atoms with E-state index in [0.29, 0.717) is 24.3 Å². The van der Waals surface area contributed by atoms with E-state index in [2.05, 4.69) is 0 Å². The third-order valence-electron chi connectivity index (χ3n) is 3.36. The van der Waals surface area contributed by atoms with Gasteiger partial charge in [0.1, 0.15) is 12.4 Å². The van der Waals surface area contributed by atoms with Gasteiger partial charge in [-0.05, 0) is 36.8 Å². The highest BCUT2D eigenvalue weighted by Gasteiger charge is 2.12. The lowest BCUT2D eigenvalue weighted by Crippen LogP contribution is -2.30. The second-order valence-electron chi connectivity index (χ2n) is 5.03. The number of benzene rings is 2. The number of hydrogen-bond acceptors (Lipinski definition) is 3. The number of likely N-dealkylation sites (N-methyl/N-ethyl adjacent to an activating group) is 1. The molecule has 0 N–H and O–H groups in total. The van der Waals surface area contributed by atoms with Gasteiger partial charge in [-0.25, -0.2) is 0 Å². The summed E-state index contributed by atoms with van der Waals surface area (Å²) in [5.41, 5.74) is 2.06. The third-order valence-corrected chi connectivity index (χ3v) is 3.36. The summed E-state index contributed by atoms with van der Waals surface area (Å²) in [6.07, 6.45) is 0. The van der Waals surface area contributed by atoms with Gasteiger partial charge in [0, 0.05) is 12.6 Å². The van der Waals surface area contributed by atoms with Crippen LogP contribution in [0.3, 0.4) is 0 Å². The maximum Gasteiger partial charge on any atom is 0.253 e. The van der Waals surface area contributed by atoms with Crippen LogP contribution >= 0.6 is 0 Å². The average Bonchev–Trinajstić information content (AvgIpc) is 2.55. The molecule has 0 unspecified atom stereocenters. The van der Waals surface area contributed by atoms with Crippen molar-refractivity contribution in [3.8, 4) is 11.8 Å². The molecule has 0 spiro atoms. The van der Waals surface area contributed by atoms with E-state index in [1.54, 1.807) is 36.2 Å². The number of aryl methyl sites for hydroxylation is 1. The summed E-state index contributed by atoms with van der Waals surface area (Å²) in [5.74, 6) is 0.709. The van der Waals surface area contributed by atoms with Gasteiger partial charge in [0.05, 0.1) is 18.2 Å². The van der Waals surface area contributed by atoms with Crippen LogP contribution in [0, 0.1) is 18.3 Å². The van der Waals surface area contributed by atoms with E-state index in [4.69, 9.17) is 10.00 Å². The number of carbonyl (C=O) groups is 1. The smallest absolute Gasteiger partial charge is 0.253 e. The van der Waals surface area contributed by atoms with Gasteiger partial charge < -0.3 is 9.64 Å². The van der Waals surface area contributed by atoms with Crippen LogP contribution in [0.5, 0.6) is 5.75 Å². The number of ether oxygens (including phenoxy) is 1. The highest BCUT2D eigenvalue weighted by atomic mass is 16.5. The zero-order chi connectivity index (χ0) is 15.9. The Balaban J connectivity index is 1.92. The van der Waals surface area contributed by atoms with Crippen LogP contribution in [-0.2, 0) is 0 Å². The van der Waals surface area contributed by atoms with Crippen LogP contribution in [-0.4, -0.2) is 31.0 Å². The zero-order valence-electron chi connectivity index (χ0n) is 12.7. The van der Waals surface area contributed by atoms with Crippen LogP contribution < -0.4 is 4.74 Å². The van der Waals surface area contributed by atoms with Gasteiger partial charge in [0.25, 0.3) is 5.91 Å². The molecule has 2 rings (SSSR count). The molecule has 112 valence electrons. The summed E-state index contributed by atoms with van der Waals surface area (Å²) < 4.78 is 5.69. The predicted molar refractivity (Wildman–Crippen MR) is 84.8 cm³/mol. The predicted octanol–water partition coefficient (Wildman–Crippen LogP) is 3.02. The van der Waals surface area contributed by atoms with E-state index in [9.17, 15) is 4.79 Å². The van der Waals surface area contributed by atoms with Gasteiger partial charge in [-0.15, -0.1) is 0 Å². The van der Waals surface area contributed by atoms with E-state index in [1.807, 2.05) is 37.3 Å². The first-order chi connectivity index (χ1) is 10.6. The fraction of sp³-hybridized carbons (Fsp3) is 0.222. The molecular formula is C18H18N2O2. The summed E-state index contributed by atoms with van der Waals surface area (Å²) in [6.45, 7) is 2.88. The van der Waals surface area contributed by atoms with Gasteiger partial charge >= 0.3 is 0 Å². The Labute approximate surface area is 130 Å². The molecule has 4 heteroatoms. The molecule has 0 aliphatic rings. The minimum absolute atomic E-state index is 0.120. The van der Waals surface area contributed by atoms with E-state index in [-0.39, 0.29) is 5.91 Å². The van der Waals surface area contributed by atoms with Crippen LogP contribution in [0.15, 0.2) is 48.5 Å². The van der Waals surface area contributed by atoms with Crippen LogP contribution in [0.4, 0.5) is 0 Å². The number of nitrogens with zero attached hydrogens (tertiary/aromatic N) is 2. The van der Waals surface area contributed by atoms with Gasteiger partial charge in [-0.3, -0.25) is 4.79 Å². The summed E-state index contributed by atoms with van der Waals surface area (Å²) in [7, 11) is 1.72. The fourth-order valence-corrected chi connectivity index (χ4v) is 2.05. The first-order valence-corrected chi connectivity index (χ1v) is 7.06. The molecule has 2 aromatic carbocycles. The molecule has 4 nitrogen and oxygen atoms in total. The van der Waals surface area contributed by atoms with Crippen molar-refractivity contribution in [3.05, 3.63) is 65.2 Å². The summed E-state index contributed by atoms with van der Waals surface area (Å²) in [5, 5.41) is 8.88. The fourth-order valence-electron chi connectivity index (χ4n) is 2.05. The molecule has 0 radical (unpaired) electrons. The standard InChI is InChI=1S/C18H18N2O2/c1-14-6-3-4-9-17(14)22-11-10-20(2)18(21)16-8-5-7-15(12-16)13-19/h3-9,12H,10-11H2,1-2H3. The number of amides is 1. The number of nitriles is 1. The van der Waals surface area contributed by atoms with Crippen LogP contribution in [0.25, 0.3) is 0 Å². The SMILES string of the molecule is Cc1ccccc1OCCN(C)C(=O)c1cccc(C#N)c1. The molecule has 22 heavy (non-hydrogen) atoms. The Morgan fingerprint density at radius 2 is 2.00 bits per heavy atom. The number of rotatable bonds is 5. The Morgan fingerprint density at radius 1 is 1.23 bits per heavy atom. The molecule has 0 aromatic heterocycles. The van der Waals surface area contributed by atoms with Crippen molar-refractivity contribution < 1.29 is 9.53 Å². The normalized spacial score (nSPS) is 9.86. The zero-order valence-corrected chi connectivity index (χ0v) is 12.7. The van der Waals surface area contributed by atoms with Crippen molar-refractivity contribution in [1.29, 1.82) is 5.26 Å². The van der Waals surface area contributed by atoms with Gasteiger partial charge in [-0.2, -0.15) is 5.26 Å². The lowest BCUT2D eigenvalue weighted by atomic mass is 10.1. The Kier molecular flexibility index (Phi) is 5.16. The summed E-state index contributed by atoms with van der Waals surface area (Å²) in [4.78, 5) is 13.9. The molecule has 0 bridgehead atoms. The van der Waals surface area contributed by atoms with Crippen LogP contribution in [0.2, 0.25) is 0 Å². The highest BCUT2D eigenvalue weighted by molar-refractivity contribution is 5.94. The van der Waals surface area contributed by atoms with Crippen molar-refractivity contribution in [3.63, 3.8) is 0 Å². The lowest BCUT2D eigenvalue weighted by molar-refractivity contribution is 0.0773. The molecule has 1 amide bonds. The highest BCUT2D eigenvalue weighted by Crippen LogP contribution is 2.16. The molecule has 0 heterocycles. The quantitative estimate of drug-likeness (QED) is 0.851. The molecule has 0 saturated carbocycles. The molecular weight excluding hydrogens is 276 g/mol. The van der Waals surface area contributed by atoms with Gasteiger partial charge in [0.15, 0.2) is 0 Å². The number of hydrogen-bond donors (Lipinski definition) is 0. The molecule has 0 fully saturated rings. The molecule has 0 aliphatic carbocycles. The van der Waals surface area contributed by atoms with Gasteiger partial charge in [-0.1, -0.05) is 24.3 Å². The first-order valence-electron chi connectivity index (χ1n) is 7.06. The number of carbonyl (C=O) groups excluding carboxylic acids is 1. The largest absolute Gasteiger partial charge is 0.491 e. The van der Waals surface area contributed by atoms with Crippen molar-refractivity contribution >= 4 is 5.91 Å². The lowest BCUT2D eigenvalue weighted by Gasteiger charge is -2.18. The van der Waals surface area contributed by atoms with E-state index in [0.717, 1.165) is 11.3 Å².